The minimum absolute atomic E-state index is 0. The van der Waals surface area contributed by atoms with Gasteiger partial charge in [-0.05, 0) is 48.4 Å². The largest absolute Gasteiger partial charge is 0.494 e. The van der Waals surface area contributed by atoms with Crippen LogP contribution in [0.4, 0.5) is 0 Å². The SMILES string of the molecule is CCNC(=NCC(=O)N(C)CCc1ccccn1)NCCCOc1ccc2ccccc2c1.I. The fourth-order valence-corrected chi connectivity index (χ4v) is 3.29. The number of fused-ring (bicyclic) bond motifs is 1. The Bertz CT molecular complexity index is 1050. The second kappa shape index (κ2) is 15.1. The Morgan fingerprint density at radius 1 is 1.06 bits per heavy atom. The van der Waals surface area contributed by atoms with Crippen LogP contribution < -0.4 is 15.4 Å². The number of nitrogens with zero attached hydrogens (tertiary/aromatic N) is 3. The first kappa shape index (κ1) is 27.4. The zero-order valence-corrected chi connectivity index (χ0v) is 22.2. The van der Waals surface area contributed by atoms with E-state index in [1.54, 1.807) is 18.1 Å². The third kappa shape index (κ3) is 9.17. The Labute approximate surface area is 219 Å². The molecule has 0 radical (unpaired) electrons. The Hall–Kier alpha value is -2.88. The van der Waals surface area contributed by atoms with Gasteiger partial charge < -0.3 is 20.3 Å². The molecule has 1 heterocycles. The van der Waals surface area contributed by atoms with Crippen molar-refractivity contribution in [2.24, 2.45) is 4.99 Å². The number of hydrogen-bond acceptors (Lipinski definition) is 4. The van der Waals surface area contributed by atoms with Crippen molar-refractivity contribution in [3.05, 3.63) is 72.6 Å². The minimum atomic E-state index is -0.0252. The second-order valence-electron chi connectivity index (χ2n) is 7.72. The number of rotatable bonds is 11. The fraction of sp³-hybridized carbons (Fsp3) is 0.346. The number of nitrogens with one attached hydrogen (secondary N) is 2. The first-order valence-electron chi connectivity index (χ1n) is 11.4. The van der Waals surface area contributed by atoms with E-state index < -0.39 is 0 Å². The Kier molecular flexibility index (Phi) is 12.2. The molecule has 182 valence electrons. The summed E-state index contributed by atoms with van der Waals surface area (Å²) < 4.78 is 5.88. The zero-order valence-electron chi connectivity index (χ0n) is 19.9. The Balaban J connectivity index is 0.00000408. The van der Waals surface area contributed by atoms with Gasteiger partial charge in [-0.2, -0.15) is 0 Å². The maximum atomic E-state index is 12.4. The number of carbonyl (C=O) groups is 1. The summed E-state index contributed by atoms with van der Waals surface area (Å²) in [6.07, 6.45) is 3.31. The molecule has 0 saturated carbocycles. The smallest absolute Gasteiger partial charge is 0.244 e. The molecule has 8 heteroatoms. The predicted molar refractivity (Wildman–Crippen MR) is 149 cm³/mol. The van der Waals surface area contributed by atoms with E-state index in [-0.39, 0.29) is 36.4 Å². The van der Waals surface area contributed by atoms with Gasteiger partial charge in [-0.25, -0.2) is 4.99 Å². The van der Waals surface area contributed by atoms with Gasteiger partial charge in [0.1, 0.15) is 12.3 Å². The standard InChI is InChI=1S/C26H33N5O2.HI/c1-3-27-26(30-20-25(32)31(2)17-14-23-11-6-7-15-28-23)29-16-8-18-33-24-13-12-21-9-4-5-10-22(21)19-24;/h4-7,9-13,15,19H,3,8,14,16-18,20H2,1-2H3,(H2,27,29,30);1H. The molecule has 0 aliphatic rings. The van der Waals surface area contributed by atoms with E-state index in [9.17, 15) is 4.79 Å². The quantitative estimate of drug-likeness (QED) is 0.157. The van der Waals surface area contributed by atoms with E-state index in [0.29, 0.717) is 25.7 Å². The first-order valence-corrected chi connectivity index (χ1v) is 11.4. The molecule has 1 aromatic heterocycles. The number of aliphatic imine (C=N–C) groups is 1. The molecule has 0 fully saturated rings. The molecule has 7 nitrogen and oxygen atoms in total. The molecule has 0 atom stereocenters. The number of halogens is 1. The van der Waals surface area contributed by atoms with Crippen LogP contribution in [-0.4, -0.2) is 61.6 Å². The van der Waals surface area contributed by atoms with E-state index in [2.05, 4.69) is 44.9 Å². The number of guanidine groups is 1. The van der Waals surface area contributed by atoms with Gasteiger partial charge in [0, 0.05) is 45.0 Å². The molecule has 0 aliphatic heterocycles. The van der Waals surface area contributed by atoms with Gasteiger partial charge in [-0.3, -0.25) is 9.78 Å². The van der Waals surface area contributed by atoms with Crippen molar-refractivity contribution in [2.75, 3.05) is 39.8 Å². The number of amides is 1. The van der Waals surface area contributed by atoms with Crippen molar-refractivity contribution < 1.29 is 9.53 Å². The molecular formula is C26H34IN5O2. The molecule has 1 amide bonds. The van der Waals surface area contributed by atoms with Gasteiger partial charge in [0.25, 0.3) is 0 Å². The van der Waals surface area contributed by atoms with Gasteiger partial charge in [-0.1, -0.05) is 36.4 Å². The number of benzene rings is 2. The summed E-state index contributed by atoms with van der Waals surface area (Å²) in [6.45, 7) is 4.73. The lowest BCUT2D eigenvalue weighted by Gasteiger charge is -2.16. The molecular weight excluding hydrogens is 541 g/mol. The lowest BCUT2D eigenvalue weighted by Crippen LogP contribution is -2.39. The van der Waals surface area contributed by atoms with Crippen LogP contribution in [0.5, 0.6) is 5.75 Å². The summed E-state index contributed by atoms with van der Waals surface area (Å²) in [6, 6.07) is 20.2. The molecule has 0 aliphatic carbocycles. The average Bonchev–Trinajstić information content (AvgIpc) is 2.85. The van der Waals surface area contributed by atoms with Crippen LogP contribution in [0.1, 0.15) is 19.0 Å². The number of carbonyl (C=O) groups excluding carboxylic acids is 1. The van der Waals surface area contributed by atoms with Crippen LogP contribution >= 0.6 is 24.0 Å². The van der Waals surface area contributed by atoms with Gasteiger partial charge in [0.15, 0.2) is 5.96 Å². The highest BCUT2D eigenvalue weighted by Crippen LogP contribution is 2.20. The molecule has 2 aromatic carbocycles. The Morgan fingerprint density at radius 3 is 2.62 bits per heavy atom. The number of hydrogen-bond donors (Lipinski definition) is 2. The van der Waals surface area contributed by atoms with E-state index in [1.807, 2.05) is 43.3 Å². The molecule has 2 N–H and O–H groups in total. The van der Waals surface area contributed by atoms with Crippen molar-refractivity contribution in [2.45, 2.75) is 19.8 Å². The van der Waals surface area contributed by atoms with E-state index >= 15 is 0 Å². The van der Waals surface area contributed by atoms with Crippen LogP contribution in [-0.2, 0) is 11.2 Å². The Morgan fingerprint density at radius 2 is 1.85 bits per heavy atom. The van der Waals surface area contributed by atoms with Crippen molar-refractivity contribution in [1.29, 1.82) is 0 Å². The van der Waals surface area contributed by atoms with Crippen LogP contribution in [0.2, 0.25) is 0 Å². The zero-order chi connectivity index (χ0) is 23.3. The third-order valence-corrected chi connectivity index (χ3v) is 5.18. The van der Waals surface area contributed by atoms with Gasteiger partial charge in [0.2, 0.25) is 5.91 Å². The summed E-state index contributed by atoms with van der Waals surface area (Å²) in [4.78, 5) is 22.8. The lowest BCUT2D eigenvalue weighted by molar-refractivity contribution is -0.128. The molecule has 0 saturated heterocycles. The minimum Gasteiger partial charge on any atom is -0.494 e. The number of likely N-dealkylation sites (N-methyl/N-ethyl adjacent to an activating group) is 1. The monoisotopic (exact) mass is 575 g/mol. The highest BCUT2D eigenvalue weighted by atomic mass is 127. The number of pyridine rings is 1. The van der Waals surface area contributed by atoms with Crippen molar-refractivity contribution >= 4 is 46.6 Å². The van der Waals surface area contributed by atoms with Crippen LogP contribution in [0.25, 0.3) is 10.8 Å². The van der Waals surface area contributed by atoms with Gasteiger partial charge in [-0.15, -0.1) is 24.0 Å². The molecule has 0 unspecified atom stereocenters. The molecule has 3 rings (SSSR count). The van der Waals surface area contributed by atoms with Crippen molar-refractivity contribution in [3.63, 3.8) is 0 Å². The highest BCUT2D eigenvalue weighted by Gasteiger charge is 2.09. The van der Waals surface area contributed by atoms with Gasteiger partial charge >= 0.3 is 0 Å². The van der Waals surface area contributed by atoms with Crippen LogP contribution in [0.15, 0.2) is 71.9 Å². The predicted octanol–water partition coefficient (Wildman–Crippen LogP) is 3.88. The van der Waals surface area contributed by atoms with E-state index in [4.69, 9.17) is 4.74 Å². The molecule has 0 spiro atoms. The van der Waals surface area contributed by atoms with Crippen LogP contribution in [0, 0.1) is 0 Å². The maximum Gasteiger partial charge on any atom is 0.244 e. The number of ether oxygens (including phenoxy) is 1. The summed E-state index contributed by atoms with van der Waals surface area (Å²) in [7, 11) is 1.80. The van der Waals surface area contributed by atoms with E-state index in [1.165, 1.54) is 10.8 Å². The fourth-order valence-electron chi connectivity index (χ4n) is 3.29. The molecule has 3 aromatic rings. The number of aromatic nitrogens is 1. The average molecular weight is 575 g/mol. The van der Waals surface area contributed by atoms with Crippen molar-refractivity contribution in [3.8, 4) is 5.75 Å². The highest BCUT2D eigenvalue weighted by molar-refractivity contribution is 14.0. The first-order chi connectivity index (χ1) is 16.2. The van der Waals surface area contributed by atoms with Crippen molar-refractivity contribution in [1.82, 2.24) is 20.5 Å². The van der Waals surface area contributed by atoms with Gasteiger partial charge in [0.05, 0.1) is 6.61 Å². The third-order valence-electron chi connectivity index (χ3n) is 5.18. The summed E-state index contributed by atoms with van der Waals surface area (Å²) >= 11 is 0. The summed E-state index contributed by atoms with van der Waals surface area (Å²) in [5.41, 5.74) is 0.974. The topological polar surface area (TPSA) is 78.9 Å². The summed E-state index contributed by atoms with van der Waals surface area (Å²) in [5.74, 6) is 1.48. The maximum absolute atomic E-state index is 12.4. The molecule has 34 heavy (non-hydrogen) atoms. The molecule has 0 bridgehead atoms. The van der Waals surface area contributed by atoms with Crippen LogP contribution in [0.3, 0.4) is 0 Å². The lowest BCUT2D eigenvalue weighted by atomic mass is 10.1. The summed E-state index contributed by atoms with van der Waals surface area (Å²) in [5, 5.41) is 8.82. The van der Waals surface area contributed by atoms with E-state index in [0.717, 1.165) is 30.8 Å². The normalized spacial score (nSPS) is 10.9. The second-order valence-corrected chi connectivity index (χ2v) is 7.72.